The number of primary sulfonamides is 1. The highest BCUT2D eigenvalue weighted by Gasteiger charge is 2.34. The molecule has 0 amide bonds. The van der Waals surface area contributed by atoms with Gasteiger partial charge in [-0.2, -0.15) is 0 Å². The molecule has 2 rings (SSSR count). The molecular formula is C12H17N3O5S. The Bertz CT molecular complexity index is 671. The van der Waals surface area contributed by atoms with E-state index in [4.69, 9.17) is 9.88 Å². The van der Waals surface area contributed by atoms with Gasteiger partial charge in [0.1, 0.15) is 5.69 Å². The number of nitro benzene ring substituents is 1. The van der Waals surface area contributed by atoms with Crippen LogP contribution in [0, 0.1) is 10.1 Å². The minimum Gasteiger partial charge on any atom is -0.372 e. The van der Waals surface area contributed by atoms with E-state index in [-0.39, 0.29) is 5.69 Å². The zero-order valence-corrected chi connectivity index (χ0v) is 12.6. The third-order valence-electron chi connectivity index (χ3n) is 3.23. The lowest BCUT2D eigenvalue weighted by atomic mass is 10.1. The fraction of sp³-hybridized carbons (Fsp3) is 0.500. The minimum absolute atomic E-state index is 0.239. The molecule has 21 heavy (non-hydrogen) atoms. The molecule has 0 saturated carbocycles. The van der Waals surface area contributed by atoms with Crippen molar-refractivity contribution in [2.45, 2.75) is 24.3 Å². The topological polar surface area (TPSA) is 116 Å². The van der Waals surface area contributed by atoms with Crippen LogP contribution in [0.15, 0.2) is 23.1 Å². The van der Waals surface area contributed by atoms with E-state index in [0.29, 0.717) is 19.7 Å². The molecule has 1 heterocycles. The van der Waals surface area contributed by atoms with Gasteiger partial charge < -0.3 is 9.64 Å². The molecule has 0 aromatic heterocycles. The van der Waals surface area contributed by atoms with Crippen LogP contribution < -0.4 is 10.0 Å². The van der Waals surface area contributed by atoms with Crippen molar-refractivity contribution in [1.29, 1.82) is 0 Å². The van der Waals surface area contributed by atoms with Crippen LogP contribution in [0.2, 0.25) is 0 Å². The highest BCUT2D eigenvalue weighted by Crippen LogP contribution is 2.35. The standard InChI is InChI=1S/C12H17N3O5S/c1-12(2)8-14(6-7-20-12)9-4-3-5-10(21(13,18)19)11(9)15(16)17/h3-5H,6-8H2,1-2H3,(H2,13,18,19). The normalized spacial score (nSPS) is 18.5. The number of hydrogen-bond acceptors (Lipinski definition) is 6. The van der Waals surface area contributed by atoms with Gasteiger partial charge in [-0.25, -0.2) is 13.6 Å². The number of benzene rings is 1. The van der Waals surface area contributed by atoms with Gasteiger partial charge in [0.25, 0.3) is 0 Å². The van der Waals surface area contributed by atoms with E-state index in [2.05, 4.69) is 0 Å². The Morgan fingerprint density at radius 2 is 2.10 bits per heavy atom. The Balaban J connectivity index is 2.57. The number of anilines is 1. The molecule has 1 aliphatic heterocycles. The molecule has 1 aliphatic rings. The van der Waals surface area contributed by atoms with E-state index in [1.807, 2.05) is 13.8 Å². The zero-order chi connectivity index (χ0) is 15.8. The van der Waals surface area contributed by atoms with Crippen LogP contribution in [-0.4, -0.2) is 38.6 Å². The summed E-state index contributed by atoms with van der Waals surface area (Å²) >= 11 is 0. The van der Waals surface area contributed by atoms with E-state index < -0.39 is 31.1 Å². The molecule has 116 valence electrons. The van der Waals surface area contributed by atoms with Crippen molar-refractivity contribution >= 4 is 21.4 Å². The predicted molar refractivity (Wildman–Crippen MR) is 76.7 cm³/mol. The van der Waals surface area contributed by atoms with Gasteiger partial charge in [-0.1, -0.05) is 6.07 Å². The van der Waals surface area contributed by atoms with Gasteiger partial charge >= 0.3 is 5.69 Å². The fourth-order valence-corrected chi connectivity index (χ4v) is 3.12. The summed E-state index contributed by atoms with van der Waals surface area (Å²) in [5, 5.41) is 16.4. The van der Waals surface area contributed by atoms with Crippen LogP contribution >= 0.6 is 0 Å². The summed E-state index contributed by atoms with van der Waals surface area (Å²) in [4.78, 5) is 11.9. The van der Waals surface area contributed by atoms with Gasteiger partial charge in [0.2, 0.25) is 10.0 Å². The van der Waals surface area contributed by atoms with Crippen molar-refractivity contribution in [3.8, 4) is 0 Å². The Labute approximate surface area is 122 Å². The summed E-state index contributed by atoms with van der Waals surface area (Å²) in [5.74, 6) is 0. The first kappa shape index (κ1) is 15.7. The average Bonchev–Trinajstić information content (AvgIpc) is 2.35. The highest BCUT2D eigenvalue weighted by molar-refractivity contribution is 7.89. The lowest BCUT2D eigenvalue weighted by Gasteiger charge is -2.39. The molecule has 0 aliphatic carbocycles. The smallest absolute Gasteiger partial charge is 0.312 e. The molecule has 9 heteroatoms. The number of morpholine rings is 1. The monoisotopic (exact) mass is 315 g/mol. The van der Waals surface area contributed by atoms with Gasteiger partial charge in [0.15, 0.2) is 4.90 Å². The molecule has 8 nitrogen and oxygen atoms in total. The van der Waals surface area contributed by atoms with E-state index in [1.165, 1.54) is 12.1 Å². The van der Waals surface area contributed by atoms with Crippen LogP contribution in [0.4, 0.5) is 11.4 Å². The van der Waals surface area contributed by atoms with Gasteiger partial charge in [-0.15, -0.1) is 0 Å². The number of nitro groups is 1. The predicted octanol–water partition coefficient (Wildman–Crippen LogP) is 0.857. The Morgan fingerprint density at radius 3 is 2.62 bits per heavy atom. The Kier molecular flexibility index (Phi) is 3.91. The quantitative estimate of drug-likeness (QED) is 0.653. The largest absolute Gasteiger partial charge is 0.372 e. The molecule has 1 aromatic carbocycles. The second-order valence-electron chi connectivity index (χ2n) is 5.46. The van der Waals surface area contributed by atoms with Crippen molar-refractivity contribution in [1.82, 2.24) is 0 Å². The van der Waals surface area contributed by atoms with Crippen molar-refractivity contribution in [3.05, 3.63) is 28.3 Å². The SMILES string of the molecule is CC1(C)CN(c2cccc(S(N)(=O)=O)c2[N+](=O)[O-])CCO1. The van der Waals surface area contributed by atoms with Crippen LogP contribution in [0.25, 0.3) is 0 Å². The molecule has 0 spiro atoms. The number of hydrogen-bond donors (Lipinski definition) is 1. The third-order valence-corrected chi connectivity index (χ3v) is 4.18. The lowest BCUT2D eigenvalue weighted by molar-refractivity contribution is -0.387. The first-order chi connectivity index (χ1) is 9.62. The number of nitrogens with zero attached hydrogens (tertiary/aromatic N) is 2. The maximum Gasteiger partial charge on any atom is 0.312 e. The maximum absolute atomic E-state index is 11.6. The first-order valence-corrected chi connectivity index (χ1v) is 7.85. The zero-order valence-electron chi connectivity index (χ0n) is 11.8. The van der Waals surface area contributed by atoms with Crippen molar-refractivity contribution in [2.24, 2.45) is 5.14 Å². The van der Waals surface area contributed by atoms with E-state index >= 15 is 0 Å². The second-order valence-corrected chi connectivity index (χ2v) is 6.99. The van der Waals surface area contributed by atoms with Gasteiger partial charge in [0, 0.05) is 13.1 Å². The molecule has 0 atom stereocenters. The Hall–Kier alpha value is -1.71. The van der Waals surface area contributed by atoms with Crippen molar-refractivity contribution < 1.29 is 18.1 Å². The van der Waals surface area contributed by atoms with Gasteiger partial charge in [-0.3, -0.25) is 10.1 Å². The molecule has 2 N–H and O–H groups in total. The maximum atomic E-state index is 11.6. The second kappa shape index (κ2) is 5.24. The van der Waals surface area contributed by atoms with Crippen molar-refractivity contribution in [3.63, 3.8) is 0 Å². The average molecular weight is 315 g/mol. The summed E-state index contributed by atoms with van der Waals surface area (Å²) < 4.78 is 28.7. The van der Waals surface area contributed by atoms with E-state index in [9.17, 15) is 18.5 Å². The molecule has 0 radical (unpaired) electrons. The summed E-state index contributed by atoms with van der Waals surface area (Å²) in [6, 6.07) is 4.11. The number of rotatable bonds is 3. The van der Waals surface area contributed by atoms with Crippen LogP contribution in [-0.2, 0) is 14.8 Å². The van der Waals surface area contributed by atoms with Crippen molar-refractivity contribution in [2.75, 3.05) is 24.6 Å². The van der Waals surface area contributed by atoms with Crippen LogP contribution in [0.3, 0.4) is 0 Å². The minimum atomic E-state index is -4.17. The number of ether oxygens (including phenoxy) is 1. The fourth-order valence-electron chi connectivity index (χ4n) is 2.40. The molecule has 1 saturated heterocycles. The van der Waals surface area contributed by atoms with Crippen LogP contribution in [0.1, 0.15) is 13.8 Å². The van der Waals surface area contributed by atoms with Gasteiger partial charge in [-0.05, 0) is 26.0 Å². The molecule has 1 fully saturated rings. The van der Waals surface area contributed by atoms with Crippen LogP contribution in [0.5, 0.6) is 0 Å². The molecule has 0 bridgehead atoms. The van der Waals surface area contributed by atoms with E-state index in [1.54, 1.807) is 4.90 Å². The molecule has 0 unspecified atom stereocenters. The highest BCUT2D eigenvalue weighted by atomic mass is 32.2. The third kappa shape index (κ3) is 3.31. The number of nitrogens with two attached hydrogens (primary N) is 1. The van der Waals surface area contributed by atoms with E-state index in [0.717, 1.165) is 6.07 Å². The Morgan fingerprint density at radius 1 is 1.43 bits per heavy atom. The molecular weight excluding hydrogens is 298 g/mol. The first-order valence-electron chi connectivity index (χ1n) is 6.31. The summed E-state index contributed by atoms with van der Waals surface area (Å²) in [6.45, 7) is 5.01. The number of sulfonamides is 1. The van der Waals surface area contributed by atoms with Gasteiger partial charge in [0.05, 0.1) is 17.1 Å². The summed E-state index contributed by atoms with van der Waals surface area (Å²) in [7, 11) is -4.17. The lowest BCUT2D eigenvalue weighted by Crippen LogP contribution is -2.48. The summed E-state index contributed by atoms with van der Waals surface area (Å²) in [6.07, 6.45) is 0. The molecule has 1 aromatic rings. The summed E-state index contributed by atoms with van der Waals surface area (Å²) in [5.41, 5.74) is -0.718. The number of para-hydroxylation sites is 1.